The van der Waals surface area contributed by atoms with Crippen LogP contribution in [0.25, 0.3) is 0 Å². The predicted molar refractivity (Wildman–Crippen MR) is 135 cm³/mol. The van der Waals surface area contributed by atoms with Gasteiger partial charge in [-0.25, -0.2) is 8.78 Å². The molecule has 0 radical (unpaired) electrons. The SMILES string of the molecule is C=C1CC=CSC1C1=N[C@@H](c2ccc(F)cc2Cl)C(C(=N)/C=C\CC(C)F)=C2C[C@H](C)CN12. The zero-order chi connectivity index (χ0) is 23.7. The Balaban J connectivity index is 1.85. The summed E-state index contributed by atoms with van der Waals surface area (Å²) < 4.78 is 27.2. The summed E-state index contributed by atoms with van der Waals surface area (Å²) in [5.74, 6) is 0.891. The Morgan fingerprint density at radius 3 is 2.94 bits per heavy atom. The first kappa shape index (κ1) is 24.0. The fourth-order valence-corrected chi connectivity index (χ4v) is 5.78. The number of benzene rings is 1. The van der Waals surface area contributed by atoms with Crippen molar-refractivity contribution in [3.63, 3.8) is 0 Å². The monoisotopic (exact) mass is 487 g/mol. The summed E-state index contributed by atoms with van der Waals surface area (Å²) in [5, 5.41) is 11.3. The van der Waals surface area contributed by atoms with Crippen LogP contribution in [0.1, 0.15) is 44.7 Å². The Morgan fingerprint density at radius 2 is 2.24 bits per heavy atom. The van der Waals surface area contributed by atoms with E-state index in [1.165, 1.54) is 19.1 Å². The molecular formula is C26H28ClF2N3S. The van der Waals surface area contributed by atoms with Crippen molar-refractivity contribution in [2.45, 2.75) is 50.6 Å². The second-order valence-electron chi connectivity index (χ2n) is 8.92. The van der Waals surface area contributed by atoms with Crippen LogP contribution in [0, 0.1) is 17.1 Å². The Labute approximate surface area is 203 Å². The molecule has 2 unspecified atom stereocenters. The maximum absolute atomic E-state index is 13.8. The van der Waals surface area contributed by atoms with Crippen molar-refractivity contribution in [3.05, 3.63) is 81.7 Å². The Hall–Kier alpha value is -2.18. The van der Waals surface area contributed by atoms with Crippen LogP contribution < -0.4 is 0 Å². The predicted octanol–water partition coefficient (Wildman–Crippen LogP) is 7.43. The second-order valence-corrected chi connectivity index (χ2v) is 10.3. The molecule has 1 aromatic carbocycles. The van der Waals surface area contributed by atoms with Crippen molar-refractivity contribution in [2.75, 3.05) is 6.54 Å². The molecule has 1 saturated heterocycles. The van der Waals surface area contributed by atoms with E-state index < -0.39 is 18.0 Å². The number of allylic oxidation sites excluding steroid dienone is 4. The van der Waals surface area contributed by atoms with Crippen LogP contribution in [-0.4, -0.2) is 34.4 Å². The summed E-state index contributed by atoms with van der Waals surface area (Å²) in [4.78, 5) is 7.39. The van der Waals surface area contributed by atoms with E-state index >= 15 is 0 Å². The molecule has 0 aromatic heterocycles. The third-order valence-electron chi connectivity index (χ3n) is 6.07. The number of nitrogens with zero attached hydrogens (tertiary/aromatic N) is 2. The molecule has 1 fully saturated rings. The number of fused-ring (bicyclic) bond motifs is 1. The van der Waals surface area contributed by atoms with Gasteiger partial charge in [0.25, 0.3) is 0 Å². The summed E-state index contributed by atoms with van der Waals surface area (Å²) in [6.45, 7) is 8.78. The van der Waals surface area contributed by atoms with E-state index in [4.69, 9.17) is 22.0 Å². The molecule has 3 nitrogen and oxygen atoms in total. The van der Waals surface area contributed by atoms with E-state index in [9.17, 15) is 8.78 Å². The Kier molecular flexibility index (Phi) is 7.25. The van der Waals surface area contributed by atoms with Crippen molar-refractivity contribution in [1.82, 2.24) is 4.90 Å². The lowest BCUT2D eigenvalue weighted by atomic mass is 9.90. The number of thioether (sulfide) groups is 1. The number of halogens is 3. The van der Waals surface area contributed by atoms with Gasteiger partial charge in [0.05, 0.1) is 11.0 Å². The van der Waals surface area contributed by atoms with Crippen LogP contribution in [0.15, 0.2) is 70.2 Å². The van der Waals surface area contributed by atoms with E-state index in [1.54, 1.807) is 30.0 Å². The van der Waals surface area contributed by atoms with Gasteiger partial charge in [-0.15, -0.1) is 11.8 Å². The average Bonchev–Trinajstić information content (AvgIpc) is 3.14. The first-order chi connectivity index (χ1) is 15.8. The van der Waals surface area contributed by atoms with Crippen LogP contribution in [-0.2, 0) is 0 Å². The normalized spacial score (nSPS) is 26.1. The third-order valence-corrected chi connectivity index (χ3v) is 7.57. The fourth-order valence-electron chi connectivity index (χ4n) is 4.54. The first-order valence-corrected chi connectivity index (χ1v) is 12.5. The molecule has 4 atom stereocenters. The molecule has 174 valence electrons. The highest BCUT2D eigenvalue weighted by Crippen LogP contribution is 2.45. The molecule has 0 bridgehead atoms. The maximum Gasteiger partial charge on any atom is 0.124 e. The van der Waals surface area contributed by atoms with Gasteiger partial charge in [0.1, 0.15) is 23.9 Å². The van der Waals surface area contributed by atoms with E-state index in [2.05, 4.69) is 29.9 Å². The van der Waals surface area contributed by atoms with Gasteiger partial charge in [0.2, 0.25) is 0 Å². The summed E-state index contributed by atoms with van der Waals surface area (Å²) in [6.07, 6.45) is 6.31. The first-order valence-electron chi connectivity index (χ1n) is 11.2. The van der Waals surface area contributed by atoms with Crippen molar-refractivity contribution in [1.29, 1.82) is 5.41 Å². The highest BCUT2D eigenvalue weighted by atomic mass is 35.5. The van der Waals surface area contributed by atoms with Crippen LogP contribution in [0.2, 0.25) is 5.02 Å². The third kappa shape index (κ3) is 5.02. The number of aliphatic imine (C=N–C) groups is 1. The minimum absolute atomic E-state index is 0.00990. The standard InChI is InChI=1S/C26H28ClF2N3S/c1-15-12-22-23(21(30)8-4-7-17(3)28)24(19-10-9-18(29)13-20(19)27)31-26(32(22)14-15)25-16(2)6-5-11-33-25/h4-5,8-11,13,15,17,24-25,30H,2,6-7,12,14H2,1,3H3/b8-4-,30-21?/t15-,17?,24-,25?/m0/s1. The minimum atomic E-state index is -0.976. The van der Waals surface area contributed by atoms with Gasteiger partial charge < -0.3 is 10.3 Å². The van der Waals surface area contributed by atoms with E-state index in [0.717, 1.165) is 42.1 Å². The van der Waals surface area contributed by atoms with Crippen LogP contribution in [0.3, 0.4) is 0 Å². The van der Waals surface area contributed by atoms with E-state index in [0.29, 0.717) is 11.5 Å². The molecule has 0 aliphatic carbocycles. The maximum atomic E-state index is 13.8. The van der Waals surface area contributed by atoms with Gasteiger partial charge >= 0.3 is 0 Å². The van der Waals surface area contributed by atoms with Crippen LogP contribution >= 0.6 is 23.4 Å². The zero-order valence-corrected chi connectivity index (χ0v) is 20.4. The van der Waals surface area contributed by atoms with Gasteiger partial charge in [0, 0.05) is 28.4 Å². The van der Waals surface area contributed by atoms with Gasteiger partial charge in [-0.05, 0) is 55.7 Å². The Bertz CT molecular complexity index is 1090. The average molecular weight is 488 g/mol. The molecule has 4 rings (SSSR count). The molecule has 0 spiro atoms. The number of amidine groups is 1. The van der Waals surface area contributed by atoms with Crippen molar-refractivity contribution in [2.24, 2.45) is 10.9 Å². The molecular weight excluding hydrogens is 460 g/mol. The molecule has 1 N–H and O–H groups in total. The Morgan fingerprint density at radius 1 is 1.45 bits per heavy atom. The lowest BCUT2D eigenvalue weighted by Crippen LogP contribution is -2.41. The molecule has 1 aromatic rings. The molecule has 3 aliphatic rings. The minimum Gasteiger partial charge on any atom is -0.332 e. The van der Waals surface area contributed by atoms with Gasteiger partial charge in [0.15, 0.2) is 0 Å². The van der Waals surface area contributed by atoms with Crippen LogP contribution in [0.5, 0.6) is 0 Å². The summed E-state index contributed by atoms with van der Waals surface area (Å²) >= 11 is 8.18. The van der Waals surface area contributed by atoms with Crippen LogP contribution in [0.4, 0.5) is 8.78 Å². The number of nitrogens with one attached hydrogen (secondary N) is 1. The smallest absolute Gasteiger partial charge is 0.124 e. The molecule has 3 heterocycles. The summed E-state index contributed by atoms with van der Waals surface area (Å²) in [6, 6.07) is 3.79. The van der Waals surface area contributed by atoms with Crippen molar-refractivity contribution < 1.29 is 8.78 Å². The zero-order valence-electron chi connectivity index (χ0n) is 18.8. The quantitative estimate of drug-likeness (QED) is 0.334. The number of hydrogen-bond acceptors (Lipinski definition) is 4. The van der Waals surface area contributed by atoms with Gasteiger partial charge in [-0.3, -0.25) is 4.99 Å². The topological polar surface area (TPSA) is 39.5 Å². The summed E-state index contributed by atoms with van der Waals surface area (Å²) in [7, 11) is 0. The number of rotatable bonds is 6. The largest absolute Gasteiger partial charge is 0.332 e. The van der Waals surface area contributed by atoms with E-state index in [-0.39, 0.29) is 22.4 Å². The second kappa shape index (κ2) is 9.98. The number of alkyl halides is 1. The molecule has 7 heteroatoms. The summed E-state index contributed by atoms with van der Waals surface area (Å²) in [5.41, 5.74) is 3.83. The van der Waals surface area contributed by atoms with Gasteiger partial charge in [-0.2, -0.15) is 0 Å². The van der Waals surface area contributed by atoms with Gasteiger partial charge in [-0.1, -0.05) is 48.9 Å². The lowest BCUT2D eigenvalue weighted by molar-refractivity contribution is 0.365. The number of hydrogen-bond donors (Lipinski definition) is 1. The fraction of sp³-hybridized carbons (Fsp3) is 0.385. The lowest BCUT2D eigenvalue weighted by Gasteiger charge is -2.37. The highest BCUT2D eigenvalue weighted by molar-refractivity contribution is 8.03. The molecule has 0 amide bonds. The van der Waals surface area contributed by atoms with Crippen molar-refractivity contribution in [3.8, 4) is 0 Å². The van der Waals surface area contributed by atoms with E-state index in [1.807, 2.05) is 0 Å². The molecule has 33 heavy (non-hydrogen) atoms. The molecule has 0 saturated carbocycles. The van der Waals surface area contributed by atoms with Crippen molar-refractivity contribution >= 4 is 34.9 Å². The molecule has 3 aliphatic heterocycles. The highest BCUT2D eigenvalue weighted by Gasteiger charge is 2.41.